The second-order valence-corrected chi connectivity index (χ2v) is 5.54. The minimum absolute atomic E-state index is 0.0851. The Kier molecular flexibility index (Phi) is 11.3. The fourth-order valence-corrected chi connectivity index (χ4v) is 2.05. The van der Waals surface area contributed by atoms with E-state index in [4.69, 9.17) is 19.9 Å². The summed E-state index contributed by atoms with van der Waals surface area (Å²) in [6.07, 6.45) is 2.73. The monoisotopic (exact) mass is 365 g/mol. The van der Waals surface area contributed by atoms with E-state index in [9.17, 15) is 9.59 Å². The van der Waals surface area contributed by atoms with Gasteiger partial charge in [-0.05, 0) is 18.4 Å². The molecule has 26 heavy (non-hydrogen) atoms. The molecular weight excluding hydrogens is 338 g/mol. The highest BCUT2D eigenvalue weighted by Crippen LogP contribution is 2.02. The second-order valence-electron chi connectivity index (χ2n) is 5.54. The van der Waals surface area contributed by atoms with Crippen molar-refractivity contribution in [3.8, 4) is 0 Å². The Morgan fingerprint density at radius 3 is 2.58 bits per heavy atom. The lowest BCUT2D eigenvalue weighted by atomic mass is 10.2. The van der Waals surface area contributed by atoms with Gasteiger partial charge in [-0.3, -0.25) is 4.79 Å². The number of carbonyl (C=O) groups excluding carboxylic acids is 2. The van der Waals surface area contributed by atoms with Crippen LogP contribution in [0.5, 0.6) is 0 Å². The lowest BCUT2D eigenvalue weighted by Crippen LogP contribution is -2.27. The SMILES string of the molecule is COCC(=O)NCCCCCCN=C(N)OC(=O)OCc1ccccc1. The molecule has 0 fully saturated rings. The summed E-state index contributed by atoms with van der Waals surface area (Å²) in [6.45, 7) is 1.30. The van der Waals surface area contributed by atoms with Crippen molar-refractivity contribution >= 4 is 18.1 Å². The average Bonchev–Trinajstić information content (AvgIpc) is 2.63. The van der Waals surface area contributed by atoms with Crippen LogP contribution in [-0.4, -0.2) is 44.9 Å². The van der Waals surface area contributed by atoms with Crippen LogP contribution in [0.15, 0.2) is 35.3 Å². The number of rotatable bonds is 11. The summed E-state index contributed by atoms with van der Waals surface area (Å²) in [5.41, 5.74) is 6.39. The van der Waals surface area contributed by atoms with Crippen LogP contribution < -0.4 is 11.1 Å². The van der Waals surface area contributed by atoms with Crippen molar-refractivity contribution in [1.82, 2.24) is 5.32 Å². The third kappa shape index (κ3) is 11.0. The number of ether oxygens (including phenoxy) is 3. The van der Waals surface area contributed by atoms with Crippen molar-refractivity contribution in [3.05, 3.63) is 35.9 Å². The number of aliphatic imine (C=N–C) groups is 1. The molecule has 8 heteroatoms. The zero-order valence-electron chi connectivity index (χ0n) is 15.1. The molecule has 0 aliphatic rings. The number of amidine groups is 1. The zero-order chi connectivity index (χ0) is 19.0. The highest BCUT2D eigenvalue weighted by molar-refractivity contribution is 5.83. The number of nitrogens with two attached hydrogens (primary N) is 1. The highest BCUT2D eigenvalue weighted by Gasteiger charge is 2.07. The summed E-state index contributed by atoms with van der Waals surface area (Å²) in [4.78, 5) is 26.6. The number of amides is 1. The van der Waals surface area contributed by atoms with Gasteiger partial charge >= 0.3 is 6.16 Å². The van der Waals surface area contributed by atoms with Gasteiger partial charge in [0.15, 0.2) is 0 Å². The van der Waals surface area contributed by atoms with Gasteiger partial charge < -0.3 is 25.3 Å². The van der Waals surface area contributed by atoms with Gasteiger partial charge in [-0.1, -0.05) is 43.2 Å². The Labute approximate surface area is 153 Å². The fourth-order valence-electron chi connectivity index (χ4n) is 2.05. The molecule has 0 radical (unpaired) electrons. The maximum Gasteiger partial charge on any atom is 0.516 e. The van der Waals surface area contributed by atoms with Crippen LogP contribution in [0.3, 0.4) is 0 Å². The van der Waals surface area contributed by atoms with Gasteiger partial charge in [0.05, 0.1) is 0 Å². The molecular formula is C18H27N3O5. The highest BCUT2D eigenvalue weighted by atomic mass is 16.7. The molecule has 0 aromatic heterocycles. The number of nitrogens with zero attached hydrogens (tertiary/aromatic N) is 1. The van der Waals surface area contributed by atoms with Gasteiger partial charge in [-0.2, -0.15) is 0 Å². The first kappa shape index (κ1) is 21.4. The van der Waals surface area contributed by atoms with Crippen LogP contribution in [0.2, 0.25) is 0 Å². The summed E-state index contributed by atoms with van der Waals surface area (Å²) in [7, 11) is 1.48. The molecule has 0 atom stereocenters. The lowest BCUT2D eigenvalue weighted by molar-refractivity contribution is -0.124. The third-order valence-corrected chi connectivity index (χ3v) is 3.34. The molecule has 144 valence electrons. The number of carbonyl (C=O) groups is 2. The number of benzene rings is 1. The van der Waals surface area contributed by atoms with E-state index >= 15 is 0 Å². The molecule has 1 amide bonds. The molecule has 0 heterocycles. The van der Waals surface area contributed by atoms with E-state index in [-0.39, 0.29) is 25.1 Å². The van der Waals surface area contributed by atoms with Crippen LogP contribution in [0.4, 0.5) is 4.79 Å². The molecule has 1 rings (SSSR count). The Morgan fingerprint density at radius 2 is 1.85 bits per heavy atom. The number of hydrogen-bond acceptors (Lipinski definition) is 6. The van der Waals surface area contributed by atoms with E-state index in [0.29, 0.717) is 13.1 Å². The second kappa shape index (κ2) is 13.7. The quantitative estimate of drug-likeness (QED) is 0.268. The minimum Gasteiger partial charge on any atom is -0.429 e. The van der Waals surface area contributed by atoms with Crippen molar-refractivity contribution in [2.75, 3.05) is 26.8 Å². The van der Waals surface area contributed by atoms with Crippen LogP contribution in [0.25, 0.3) is 0 Å². The maximum atomic E-state index is 11.5. The van der Waals surface area contributed by atoms with Crippen molar-refractivity contribution in [2.45, 2.75) is 32.3 Å². The molecule has 0 saturated carbocycles. The van der Waals surface area contributed by atoms with Gasteiger partial charge in [-0.25, -0.2) is 9.79 Å². The molecule has 0 unspecified atom stereocenters. The molecule has 3 N–H and O–H groups in total. The predicted molar refractivity (Wildman–Crippen MR) is 97.6 cm³/mol. The summed E-state index contributed by atoms with van der Waals surface area (Å²) in [6, 6.07) is 9.07. The van der Waals surface area contributed by atoms with Crippen LogP contribution in [0, 0.1) is 0 Å². The standard InChI is InChI=1S/C18H27N3O5/c1-24-14-16(22)20-11-7-2-3-8-12-21-17(19)26-18(23)25-13-15-9-5-4-6-10-15/h4-6,9-10H,2-3,7-8,11-14H2,1H3,(H2,19,21)(H,20,22). The normalized spacial score (nSPS) is 11.0. The van der Waals surface area contributed by atoms with Crippen molar-refractivity contribution in [1.29, 1.82) is 0 Å². The van der Waals surface area contributed by atoms with E-state index < -0.39 is 6.16 Å². The smallest absolute Gasteiger partial charge is 0.429 e. The van der Waals surface area contributed by atoms with Crippen molar-refractivity contribution in [3.63, 3.8) is 0 Å². The number of nitrogens with one attached hydrogen (secondary N) is 1. The lowest BCUT2D eigenvalue weighted by Gasteiger charge is -2.05. The molecule has 0 bridgehead atoms. The van der Waals surface area contributed by atoms with Gasteiger partial charge in [0.2, 0.25) is 5.91 Å². The molecule has 0 saturated heterocycles. The summed E-state index contributed by atoms with van der Waals surface area (Å²) in [5, 5.41) is 2.76. The van der Waals surface area contributed by atoms with E-state index in [1.807, 2.05) is 30.3 Å². The minimum atomic E-state index is -0.873. The Morgan fingerprint density at radius 1 is 1.12 bits per heavy atom. The van der Waals surface area contributed by atoms with Gasteiger partial charge in [0.25, 0.3) is 6.02 Å². The zero-order valence-corrected chi connectivity index (χ0v) is 15.1. The van der Waals surface area contributed by atoms with E-state index in [1.165, 1.54) is 7.11 Å². The molecule has 0 spiro atoms. The maximum absolute atomic E-state index is 11.5. The molecule has 1 aromatic rings. The van der Waals surface area contributed by atoms with Crippen LogP contribution in [-0.2, 0) is 25.6 Å². The van der Waals surface area contributed by atoms with Crippen molar-refractivity contribution < 1.29 is 23.8 Å². The largest absolute Gasteiger partial charge is 0.516 e. The first-order chi connectivity index (χ1) is 12.6. The average molecular weight is 365 g/mol. The van der Waals surface area contributed by atoms with E-state index in [1.54, 1.807) is 0 Å². The number of methoxy groups -OCH3 is 1. The Hall–Kier alpha value is -2.61. The first-order valence-electron chi connectivity index (χ1n) is 8.56. The van der Waals surface area contributed by atoms with Gasteiger partial charge in [-0.15, -0.1) is 0 Å². The van der Waals surface area contributed by atoms with Gasteiger partial charge in [0.1, 0.15) is 13.2 Å². The van der Waals surface area contributed by atoms with Crippen molar-refractivity contribution in [2.24, 2.45) is 10.7 Å². The Balaban J connectivity index is 2.03. The first-order valence-corrected chi connectivity index (χ1v) is 8.56. The molecule has 1 aromatic carbocycles. The fraction of sp³-hybridized carbons (Fsp3) is 0.500. The topological polar surface area (TPSA) is 112 Å². The third-order valence-electron chi connectivity index (χ3n) is 3.34. The summed E-state index contributed by atoms with van der Waals surface area (Å²) < 4.78 is 14.4. The molecule has 0 aliphatic carbocycles. The predicted octanol–water partition coefficient (Wildman–Crippen LogP) is 1.98. The van der Waals surface area contributed by atoms with E-state index in [0.717, 1.165) is 31.2 Å². The Bertz CT molecular complexity index is 563. The van der Waals surface area contributed by atoms with Gasteiger partial charge in [0, 0.05) is 20.2 Å². The molecule has 8 nitrogen and oxygen atoms in total. The number of unbranched alkanes of at least 4 members (excludes halogenated alkanes) is 3. The van der Waals surface area contributed by atoms with E-state index in [2.05, 4.69) is 10.3 Å². The van der Waals surface area contributed by atoms with Crippen LogP contribution in [0.1, 0.15) is 31.2 Å². The summed E-state index contributed by atoms with van der Waals surface area (Å²) in [5.74, 6) is -0.110. The van der Waals surface area contributed by atoms with Crippen LogP contribution >= 0.6 is 0 Å². The summed E-state index contributed by atoms with van der Waals surface area (Å²) >= 11 is 0. The number of hydrogen-bond donors (Lipinski definition) is 2. The molecule has 0 aliphatic heterocycles.